The van der Waals surface area contributed by atoms with Crippen LogP contribution >= 0.6 is 10.7 Å². The zero-order chi connectivity index (χ0) is 12.1. The van der Waals surface area contributed by atoms with Gasteiger partial charge in [0.05, 0.1) is 18.5 Å². The van der Waals surface area contributed by atoms with Crippen molar-refractivity contribution in [3.8, 4) is 0 Å². The fraction of sp³-hybridized carbons (Fsp3) is 1.00. The number of halogens is 1. The quantitative estimate of drug-likeness (QED) is 0.658. The lowest BCUT2D eigenvalue weighted by molar-refractivity contribution is 0.0358. The molecule has 0 aliphatic heterocycles. The molecule has 0 radical (unpaired) electrons. The zero-order valence-corrected chi connectivity index (χ0v) is 11.4. The molecule has 0 aliphatic carbocycles. The van der Waals surface area contributed by atoms with Gasteiger partial charge >= 0.3 is 0 Å². The molecule has 0 rings (SSSR count). The third-order valence-corrected chi connectivity index (χ3v) is 3.30. The molecule has 0 aromatic heterocycles. The number of hydrogen-bond acceptors (Lipinski definition) is 3. The van der Waals surface area contributed by atoms with Gasteiger partial charge in [0, 0.05) is 10.7 Å². The van der Waals surface area contributed by atoms with Crippen LogP contribution in [0.15, 0.2) is 0 Å². The van der Waals surface area contributed by atoms with Crippen molar-refractivity contribution in [2.24, 2.45) is 11.8 Å². The van der Waals surface area contributed by atoms with Crippen LogP contribution in [0.3, 0.4) is 0 Å². The number of hydrogen-bond donors (Lipinski definition) is 0. The van der Waals surface area contributed by atoms with E-state index >= 15 is 0 Å². The molecular formula is C10H21ClO3S. The fourth-order valence-electron chi connectivity index (χ4n) is 1.45. The second-order valence-electron chi connectivity index (χ2n) is 4.58. The molecule has 92 valence electrons. The van der Waals surface area contributed by atoms with Gasteiger partial charge < -0.3 is 4.74 Å². The minimum atomic E-state index is -3.40. The van der Waals surface area contributed by atoms with Gasteiger partial charge in [0.2, 0.25) is 9.05 Å². The zero-order valence-electron chi connectivity index (χ0n) is 9.86. The normalized spacial score (nSPS) is 16.7. The Morgan fingerprint density at radius 2 is 1.73 bits per heavy atom. The van der Waals surface area contributed by atoms with Crippen molar-refractivity contribution in [2.75, 3.05) is 12.4 Å². The highest BCUT2D eigenvalue weighted by molar-refractivity contribution is 8.13. The molecule has 0 aromatic rings. The van der Waals surface area contributed by atoms with Gasteiger partial charge in [0.25, 0.3) is 0 Å². The topological polar surface area (TPSA) is 43.4 Å². The Labute approximate surface area is 97.6 Å². The Bertz CT molecular complexity index is 262. The van der Waals surface area contributed by atoms with E-state index in [4.69, 9.17) is 15.4 Å². The van der Waals surface area contributed by atoms with Crippen molar-refractivity contribution in [3.63, 3.8) is 0 Å². The Kier molecular flexibility index (Phi) is 6.80. The summed E-state index contributed by atoms with van der Waals surface area (Å²) in [6.45, 7) is 8.53. The van der Waals surface area contributed by atoms with E-state index in [9.17, 15) is 8.42 Å². The summed E-state index contributed by atoms with van der Waals surface area (Å²) in [6.07, 6.45) is 1.16. The molecule has 0 amide bonds. The summed E-state index contributed by atoms with van der Waals surface area (Å²) in [5.41, 5.74) is 0. The molecular weight excluding hydrogens is 236 g/mol. The molecule has 0 saturated heterocycles. The first-order valence-corrected chi connectivity index (χ1v) is 7.72. The van der Waals surface area contributed by atoms with E-state index in [1.807, 2.05) is 13.8 Å². The molecule has 0 spiro atoms. The van der Waals surface area contributed by atoms with Gasteiger partial charge in [-0.05, 0) is 25.2 Å². The number of rotatable bonds is 7. The second kappa shape index (κ2) is 6.71. The third kappa shape index (κ3) is 10.5. The monoisotopic (exact) mass is 256 g/mol. The number of ether oxygens (including phenoxy) is 1. The Morgan fingerprint density at radius 1 is 1.20 bits per heavy atom. The standard InChI is InChI=1S/C10H21ClO3S/c1-8(2)5-10(4)14-6-9(3)7-15(11,12)13/h8-10H,5-7H2,1-4H3. The van der Waals surface area contributed by atoms with Crippen LogP contribution in [0.1, 0.15) is 34.1 Å². The molecule has 3 nitrogen and oxygen atoms in total. The maximum Gasteiger partial charge on any atom is 0.232 e. The van der Waals surface area contributed by atoms with Crippen LogP contribution < -0.4 is 0 Å². The van der Waals surface area contributed by atoms with Gasteiger partial charge in [-0.15, -0.1) is 0 Å². The van der Waals surface area contributed by atoms with E-state index < -0.39 is 9.05 Å². The average molecular weight is 257 g/mol. The summed E-state index contributed by atoms with van der Waals surface area (Å²) in [7, 11) is 1.74. The second-order valence-corrected chi connectivity index (χ2v) is 7.41. The van der Waals surface area contributed by atoms with Crippen molar-refractivity contribution in [1.29, 1.82) is 0 Å². The molecule has 0 saturated carbocycles. The van der Waals surface area contributed by atoms with Gasteiger partial charge in [-0.2, -0.15) is 0 Å². The van der Waals surface area contributed by atoms with Crippen molar-refractivity contribution in [2.45, 2.75) is 40.2 Å². The minimum Gasteiger partial charge on any atom is -0.378 e. The summed E-state index contributed by atoms with van der Waals surface area (Å²) in [5, 5.41) is 0. The van der Waals surface area contributed by atoms with Gasteiger partial charge in [0.15, 0.2) is 0 Å². The van der Waals surface area contributed by atoms with E-state index in [0.29, 0.717) is 12.5 Å². The van der Waals surface area contributed by atoms with E-state index in [1.54, 1.807) is 0 Å². The Hall–Kier alpha value is 0.200. The first-order valence-electron chi connectivity index (χ1n) is 5.24. The van der Waals surface area contributed by atoms with Crippen molar-refractivity contribution in [3.05, 3.63) is 0 Å². The van der Waals surface area contributed by atoms with E-state index in [2.05, 4.69) is 13.8 Å². The molecule has 0 N–H and O–H groups in total. The molecule has 5 heteroatoms. The molecule has 0 aliphatic rings. The lowest BCUT2D eigenvalue weighted by Gasteiger charge is -2.17. The smallest absolute Gasteiger partial charge is 0.232 e. The van der Waals surface area contributed by atoms with Crippen molar-refractivity contribution in [1.82, 2.24) is 0 Å². The summed E-state index contributed by atoms with van der Waals surface area (Å²) >= 11 is 0. The van der Waals surface area contributed by atoms with Crippen LogP contribution in [0.2, 0.25) is 0 Å². The van der Waals surface area contributed by atoms with Crippen molar-refractivity contribution >= 4 is 19.7 Å². The summed E-state index contributed by atoms with van der Waals surface area (Å²) < 4.78 is 27.1. The SMILES string of the molecule is CC(C)CC(C)OCC(C)CS(=O)(=O)Cl. The maximum absolute atomic E-state index is 10.8. The third-order valence-electron chi connectivity index (χ3n) is 1.95. The first-order chi connectivity index (χ1) is 6.70. The van der Waals surface area contributed by atoms with Crippen molar-refractivity contribution < 1.29 is 13.2 Å². The largest absolute Gasteiger partial charge is 0.378 e. The molecule has 0 bridgehead atoms. The maximum atomic E-state index is 10.8. The lowest BCUT2D eigenvalue weighted by atomic mass is 10.1. The van der Waals surface area contributed by atoms with Gasteiger partial charge in [-0.25, -0.2) is 8.42 Å². The summed E-state index contributed by atoms with van der Waals surface area (Å²) in [4.78, 5) is 0. The van der Waals surface area contributed by atoms with Crippen LogP contribution in [-0.2, 0) is 13.8 Å². The van der Waals surface area contributed by atoms with Crippen LogP contribution in [0, 0.1) is 11.8 Å². The molecule has 0 heterocycles. The molecule has 2 atom stereocenters. The summed E-state index contributed by atoms with van der Waals surface area (Å²) in [5.74, 6) is 0.511. The highest BCUT2D eigenvalue weighted by Gasteiger charge is 2.14. The van der Waals surface area contributed by atoms with E-state index in [1.165, 1.54) is 0 Å². The minimum absolute atomic E-state index is 0.0248. The highest BCUT2D eigenvalue weighted by atomic mass is 35.7. The van der Waals surface area contributed by atoms with E-state index in [0.717, 1.165) is 6.42 Å². The van der Waals surface area contributed by atoms with Gasteiger partial charge in [-0.1, -0.05) is 20.8 Å². The molecule has 2 unspecified atom stereocenters. The van der Waals surface area contributed by atoms with Crippen LogP contribution in [0.4, 0.5) is 0 Å². The van der Waals surface area contributed by atoms with Gasteiger partial charge in [0.1, 0.15) is 0 Å². The molecule has 15 heavy (non-hydrogen) atoms. The Balaban J connectivity index is 3.76. The summed E-state index contributed by atoms with van der Waals surface area (Å²) in [6, 6.07) is 0. The predicted molar refractivity (Wildman–Crippen MR) is 63.7 cm³/mol. The Morgan fingerprint density at radius 3 is 2.13 bits per heavy atom. The van der Waals surface area contributed by atoms with Crippen LogP contribution in [-0.4, -0.2) is 26.9 Å². The fourth-order valence-corrected chi connectivity index (χ4v) is 2.87. The van der Waals surface area contributed by atoms with Gasteiger partial charge in [-0.3, -0.25) is 0 Å². The molecule has 0 fully saturated rings. The highest BCUT2D eigenvalue weighted by Crippen LogP contribution is 2.11. The lowest BCUT2D eigenvalue weighted by Crippen LogP contribution is -2.19. The molecule has 0 aromatic carbocycles. The van der Waals surface area contributed by atoms with Crippen LogP contribution in [0.5, 0.6) is 0 Å². The van der Waals surface area contributed by atoms with Crippen LogP contribution in [0.25, 0.3) is 0 Å². The average Bonchev–Trinajstić information content (AvgIpc) is 1.96. The first kappa shape index (κ1) is 15.2. The predicted octanol–water partition coefficient (Wildman–Crippen LogP) is 2.64. The van der Waals surface area contributed by atoms with E-state index in [-0.39, 0.29) is 17.8 Å².